The van der Waals surface area contributed by atoms with Crippen LogP contribution in [0.15, 0.2) is 29.3 Å². The Bertz CT molecular complexity index is 526. The zero-order chi connectivity index (χ0) is 17.9. The number of nitrogens with zero attached hydrogens (tertiary/aromatic N) is 3. The number of nitrogens with one attached hydrogen (secondary N) is 2. The second-order valence-corrected chi connectivity index (χ2v) is 6.56. The molecular formula is C19H33N5O. The lowest BCUT2D eigenvalue weighted by Gasteiger charge is -2.32. The van der Waals surface area contributed by atoms with E-state index in [1.54, 1.807) is 7.11 Å². The summed E-state index contributed by atoms with van der Waals surface area (Å²) in [6, 6.07) is 8.08. The Morgan fingerprint density at radius 2 is 1.96 bits per heavy atom. The second-order valence-electron chi connectivity index (χ2n) is 6.56. The van der Waals surface area contributed by atoms with Gasteiger partial charge in [-0.1, -0.05) is 12.1 Å². The van der Waals surface area contributed by atoms with Gasteiger partial charge in [-0.05, 0) is 44.1 Å². The van der Waals surface area contributed by atoms with Gasteiger partial charge in [0, 0.05) is 46.3 Å². The number of hydrogen-bond donors (Lipinski definition) is 2. The number of aliphatic imine (C=N–C) groups is 1. The first-order valence-electron chi connectivity index (χ1n) is 9.19. The number of unbranched alkanes of at least 4 members (excludes halogenated alkanes) is 1. The van der Waals surface area contributed by atoms with Crippen molar-refractivity contribution in [3.63, 3.8) is 0 Å². The minimum absolute atomic E-state index is 0.734. The molecule has 25 heavy (non-hydrogen) atoms. The van der Waals surface area contributed by atoms with Gasteiger partial charge in [-0.3, -0.25) is 4.99 Å². The van der Waals surface area contributed by atoms with Crippen LogP contribution in [0, 0.1) is 0 Å². The number of piperazine rings is 1. The highest BCUT2D eigenvalue weighted by molar-refractivity contribution is 5.79. The molecule has 0 unspecified atom stereocenters. The van der Waals surface area contributed by atoms with Crippen LogP contribution in [0.1, 0.15) is 18.4 Å². The first-order valence-corrected chi connectivity index (χ1v) is 9.19. The average molecular weight is 348 g/mol. The molecule has 1 aromatic carbocycles. The zero-order valence-corrected chi connectivity index (χ0v) is 15.9. The lowest BCUT2D eigenvalue weighted by atomic mass is 10.2. The molecule has 0 spiro atoms. The highest BCUT2D eigenvalue weighted by atomic mass is 16.5. The summed E-state index contributed by atoms with van der Waals surface area (Å²) >= 11 is 0. The molecule has 1 fully saturated rings. The molecule has 140 valence electrons. The smallest absolute Gasteiger partial charge is 0.191 e. The first-order chi connectivity index (χ1) is 12.2. The van der Waals surface area contributed by atoms with Gasteiger partial charge in [0.1, 0.15) is 5.75 Å². The van der Waals surface area contributed by atoms with Gasteiger partial charge in [0.15, 0.2) is 5.96 Å². The quantitative estimate of drug-likeness (QED) is 0.423. The molecule has 0 saturated carbocycles. The minimum atomic E-state index is 0.734. The third-order valence-corrected chi connectivity index (χ3v) is 4.61. The third kappa shape index (κ3) is 7.32. The molecule has 1 aromatic rings. The molecule has 1 aliphatic heterocycles. The molecule has 0 atom stereocenters. The Hall–Kier alpha value is -1.79. The summed E-state index contributed by atoms with van der Waals surface area (Å²) in [5.41, 5.74) is 1.18. The van der Waals surface area contributed by atoms with Crippen molar-refractivity contribution in [3.8, 4) is 5.75 Å². The van der Waals surface area contributed by atoms with E-state index in [1.165, 1.54) is 44.7 Å². The van der Waals surface area contributed by atoms with Gasteiger partial charge in [-0.25, -0.2) is 0 Å². The molecule has 0 radical (unpaired) electrons. The summed E-state index contributed by atoms with van der Waals surface area (Å²) in [5, 5.41) is 6.74. The topological polar surface area (TPSA) is 52.1 Å². The van der Waals surface area contributed by atoms with Crippen LogP contribution in [0.2, 0.25) is 0 Å². The van der Waals surface area contributed by atoms with Crippen molar-refractivity contribution in [2.24, 2.45) is 4.99 Å². The van der Waals surface area contributed by atoms with Crippen LogP contribution in [-0.4, -0.2) is 76.2 Å². The van der Waals surface area contributed by atoms with Crippen LogP contribution in [-0.2, 0) is 6.54 Å². The fourth-order valence-electron chi connectivity index (χ4n) is 2.93. The van der Waals surface area contributed by atoms with Crippen molar-refractivity contribution in [1.29, 1.82) is 0 Å². The van der Waals surface area contributed by atoms with Gasteiger partial charge in [0.2, 0.25) is 0 Å². The Morgan fingerprint density at radius 1 is 1.16 bits per heavy atom. The molecule has 0 aromatic heterocycles. The molecule has 1 aliphatic rings. The first kappa shape index (κ1) is 19.5. The zero-order valence-electron chi connectivity index (χ0n) is 15.9. The molecule has 6 heteroatoms. The molecule has 2 N–H and O–H groups in total. The Balaban J connectivity index is 1.58. The molecule has 6 nitrogen and oxygen atoms in total. The summed E-state index contributed by atoms with van der Waals surface area (Å²) < 4.78 is 5.26. The van der Waals surface area contributed by atoms with Crippen LogP contribution >= 0.6 is 0 Å². The highest BCUT2D eigenvalue weighted by Gasteiger charge is 2.12. The minimum Gasteiger partial charge on any atom is -0.497 e. The molecule has 0 amide bonds. The Morgan fingerprint density at radius 3 is 2.68 bits per heavy atom. The highest BCUT2D eigenvalue weighted by Crippen LogP contribution is 2.12. The number of benzene rings is 1. The molecule has 1 heterocycles. The van der Waals surface area contributed by atoms with E-state index in [-0.39, 0.29) is 0 Å². The summed E-state index contributed by atoms with van der Waals surface area (Å²) in [4.78, 5) is 9.25. The van der Waals surface area contributed by atoms with E-state index in [4.69, 9.17) is 4.74 Å². The van der Waals surface area contributed by atoms with E-state index in [9.17, 15) is 0 Å². The maximum Gasteiger partial charge on any atom is 0.191 e. The number of guanidine groups is 1. The number of ether oxygens (including phenoxy) is 1. The van der Waals surface area contributed by atoms with Gasteiger partial charge < -0.3 is 25.2 Å². The van der Waals surface area contributed by atoms with Crippen LogP contribution in [0.5, 0.6) is 5.75 Å². The predicted molar refractivity (Wildman–Crippen MR) is 104 cm³/mol. The van der Waals surface area contributed by atoms with E-state index in [0.717, 1.165) is 31.2 Å². The van der Waals surface area contributed by atoms with Crippen molar-refractivity contribution < 1.29 is 4.74 Å². The number of rotatable bonds is 8. The second kappa shape index (κ2) is 10.9. The lowest BCUT2D eigenvalue weighted by molar-refractivity contribution is 0.152. The molecule has 2 rings (SSSR count). The van der Waals surface area contributed by atoms with Crippen LogP contribution in [0.4, 0.5) is 0 Å². The van der Waals surface area contributed by atoms with E-state index >= 15 is 0 Å². The summed E-state index contributed by atoms with van der Waals surface area (Å²) in [5.74, 6) is 1.73. The van der Waals surface area contributed by atoms with Gasteiger partial charge in [-0.2, -0.15) is 0 Å². The summed E-state index contributed by atoms with van der Waals surface area (Å²) in [7, 11) is 5.70. The third-order valence-electron chi connectivity index (χ3n) is 4.61. The van der Waals surface area contributed by atoms with Crippen LogP contribution < -0.4 is 15.4 Å². The van der Waals surface area contributed by atoms with E-state index in [2.05, 4.69) is 38.5 Å². The van der Waals surface area contributed by atoms with Crippen molar-refractivity contribution in [1.82, 2.24) is 20.4 Å². The Labute approximate surface area is 152 Å². The van der Waals surface area contributed by atoms with Gasteiger partial charge in [0.25, 0.3) is 0 Å². The largest absolute Gasteiger partial charge is 0.497 e. The summed E-state index contributed by atoms with van der Waals surface area (Å²) in [6.07, 6.45) is 2.38. The summed E-state index contributed by atoms with van der Waals surface area (Å²) in [6.45, 7) is 7.68. The van der Waals surface area contributed by atoms with Crippen molar-refractivity contribution in [2.75, 3.05) is 60.5 Å². The normalized spacial score (nSPS) is 16.7. The van der Waals surface area contributed by atoms with Crippen LogP contribution in [0.3, 0.4) is 0 Å². The fraction of sp³-hybridized carbons (Fsp3) is 0.632. The van der Waals surface area contributed by atoms with E-state index in [1.807, 2.05) is 25.2 Å². The Kier molecular flexibility index (Phi) is 8.55. The number of likely N-dealkylation sites (N-methyl/N-ethyl adjacent to an activating group) is 1. The SMILES string of the molecule is CN=C(NCCCCN1CCN(C)CC1)NCc1cccc(OC)c1. The van der Waals surface area contributed by atoms with Gasteiger partial charge in [0.05, 0.1) is 7.11 Å². The van der Waals surface area contributed by atoms with Gasteiger partial charge in [-0.15, -0.1) is 0 Å². The lowest BCUT2D eigenvalue weighted by Crippen LogP contribution is -2.44. The number of hydrogen-bond acceptors (Lipinski definition) is 4. The van der Waals surface area contributed by atoms with Gasteiger partial charge >= 0.3 is 0 Å². The molecule has 0 bridgehead atoms. The van der Waals surface area contributed by atoms with E-state index < -0.39 is 0 Å². The maximum atomic E-state index is 5.26. The molecule has 0 aliphatic carbocycles. The predicted octanol–water partition coefficient (Wildman–Crippen LogP) is 1.39. The molecule has 1 saturated heterocycles. The average Bonchev–Trinajstić information content (AvgIpc) is 2.65. The van der Waals surface area contributed by atoms with Crippen molar-refractivity contribution >= 4 is 5.96 Å². The van der Waals surface area contributed by atoms with E-state index in [0.29, 0.717) is 0 Å². The maximum absolute atomic E-state index is 5.26. The fourth-order valence-corrected chi connectivity index (χ4v) is 2.93. The number of methoxy groups -OCH3 is 1. The standard InChI is InChI=1S/C19H33N5O/c1-20-19(22-16-17-7-6-8-18(15-17)25-3)21-9-4-5-10-24-13-11-23(2)12-14-24/h6-8,15H,4-5,9-14,16H2,1-3H3,(H2,20,21,22). The molecular weight excluding hydrogens is 314 g/mol. The van der Waals surface area contributed by atoms with Crippen LogP contribution in [0.25, 0.3) is 0 Å². The van der Waals surface area contributed by atoms with Crippen molar-refractivity contribution in [3.05, 3.63) is 29.8 Å². The van der Waals surface area contributed by atoms with Crippen molar-refractivity contribution in [2.45, 2.75) is 19.4 Å². The monoisotopic (exact) mass is 347 g/mol.